The molecule has 1 heterocycles. The van der Waals surface area contributed by atoms with Crippen molar-refractivity contribution in [2.24, 2.45) is 5.41 Å². The minimum atomic E-state index is 0.0598. The zero-order valence-corrected chi connectivity index (χ0v) is 11.4. The molecule has 1 aliphatic heterocycles. The molecule has 3 heteroatoms. The molecule has 1 saturated heterocycles. The zero-order valence-electron chi connectivity index (χ0n) is 11.4. The van der Waals surface area contributed by atoms with Crippen LogP contribution in [0.15, 0.2) is 0 Å². The van der Waals surface area contributed by atoms with Gasteiger partial charge in [0, 0.05) is 31.6 Å². The van der Waals surface area contributed by atoms with Gasteiger partial charge in [-0.1, -0.05) is 27.2 Å². The Labute approximate surface area is 99.6 Å². The Morgan fingerprint density at radius 1 is 1.44 bits per heavy atom. The normalized spacial score (nSPS) is 20.9. The molecule has 0 aromatic carbocycles. The molecule has 3 nitrogen and oxygen atoms in total. The van der Waals surface area contributed by atoms with Gasteiger partial charge in [0.05, 0.1) is 0 Å². The van der Waals surface area contributed by atoms with E-state index in [9.17, 15) is 4.79 Å². The van der Waals surface area contributed by atoms with Crippen molar-refractivity contribution in [3.8, 4) is 0 Å². The van der Waals surface area contributed by atoms with Crippen molar-refractivity contribution in [1.82, 2.24) is 10.2 Å². The van der Waals surface area contributed by atoms with Crippen LogP contribution < -0.4 is 5.32 Å². The first-order valence-electron chi connectivity index (χ1n) is 6.29. The highest BCUT2D eigenvalue weighted by Crippen LogP contribution is 2.26. The Balaban J connectivity index is 2.54. The highest BCUT2D eigenvalue weighted by atomic mass is 16.2. The van der Waals surface area contributed by atoms with E-state index in [4.69, 9.17) is 0 Å². The number of nitrogens with zero attached hydrogens (tertiary/aromatic N) is 1. The van der Waals surface area contributed by atoms with Gasteiger partial charge >= 0.3 is 0 Å². The lowest BCUT2D eigenvalue weighted by molar-refractivity contribution is -0.135. The summed E-state index contributed by atoms with van der Waals surface area (Å²) < 4.78 is 0. The molecule has 0 aromatic heterocycles. The van der Waals surface area contributed by atoms with Crippen LogP contribution >= 0.6 is 0 Å². The lowest BCUT2D eigenvalue weighted by Gasteiger charge is -2.40. The van der Waals surface area contributed by atoms with Gasteiger partial charge in [-0.3, -0.25) is 4.79 Å². The van der Waals surface area contributed by atoms with Gasteiger partial charge in [-0.25, -0.2) is 0 Å². The van der Waals surface area contributed by atoms with Crippen LogP contribution in [0.5, 0.6) is 0 Å². The molecule has 1 fully saturated rings. The monoisotopic (exact) mass is 226 g/mol. The van der Waals surface area contributed by atoms with Crippen LogP contribution in [0.25, 0.3) is 0 Å². The van der Waals surface area contributed by atoms with Gasteiger partial charge in [-0.2, -0.15) is 0 Å². The Kier molecular flexibility index (Phi) is 4.00. The Morgan fingerprint density at radius 3 is 2.56 bits per heavy atom. The second-order valence-electron chi connectivity index (χ2n) is 6.32. The van der Waals surface area contributed by atoms with Crippen LogP contribution in [0.3, 0.4) is 0 Å². The first kappa shape index (κ1) is 13.5. The van der Waals surface area contributed by atoms with E-state index in [-0.39, 0.29) is 11.0 Å². The average Bonchev–Trinajstić information content (AvgIpc) is 2.15. The fourth-order valence-electron chi connectivity index (χ4n) is 2.00. The molecule has 0 unspecified atom stereocenters. The third-order valence-corrected chi connectivity index (χ3v) is 3.51. The standard InChI is InChI=1S/C13H26N2O/c1-6-12(2,3)9-11(16)15-8-7-14-13(4,5)10-15/h14H,6-10H2,1-5H3. The van der Waals surface area contributed by atoms with Crippen molar-refractivity contribution in [2.45, 2.75) is 53.0 Å². The van der Waals surface area contributed by atoms with Crippen LogP contribution in [-0.2, 0) is 4.79 Å². The molecule has 1 rings (SSSR count). The number of carbonyl (C=O) groups is 1. The van der Waals surface area contributed by atoms with Crippen LogP contribution in [0, 0.1) is 5.41 Å². The summed E-state index contributed by atoms with van der Waals surface area (Å²) in [5, 5.41) is 3.43. The van der Waals surface area contributed by atoms with Gasteiger partial charge in [-0.05, 0) is 19.3 Å². The van der Waals surface area contributed by atoms with E-state index in [1.165, 1.54) is 0 Å². The van der Waals surface area contributed by atoms with Gasteiger partial charge in [0.15, 0.2) is 0 Å². The first-order chi connectivity index (χ1) is 7.26. The molecule has 0 aliphatic carbocycles. The summed E-state index contributed by atoms with van der Waals surface area (Å²) in [4.78, 5) is 14.2. The maximum absolute atomic E-state index is 12.2. The zero-order chi connectivity index (χ0) is 12.4. The number of carbonyl (C=O) groups excluding carboxylic acids is 1. The van der Waals surface area contributed by atoms with E-state index in [1.807, 2.05) is 4.90 Å². The summed E-state index contributed by atoms with van der Waals surface area (Å²) in [7, 11) is 0. The fourth-order valence-corrected chi connectivity index (χ4v) is 2.00. The van der Waals surface area contributed by atoms with E-state index in [0.717, 1.165) is 26.1 Å². The summed E-state index contributed by atoms with van der Waals surface area (Å²) in [5.41, 5.74) is 0.191. The summed E-state index contributed by atoms with van der Waals surface area (Å²) >= 11 is 0. The molecule has 0 radical (unpaired) electrons. The molecule has 1 aliphatic rings. The summed E-state index contributed by atoms with van der Waals surface area (Å²) in [6, 6.07) is 0. The third-order valence-electron chi connectivity index (χ3n) is 3.51. The van der Waals surface area contributed by atoms with Crippen LogP contribution in [0.1, 0.15) is 47.5 Å². The van der Waals surface area contributed by atoms with Crippen LogP contribution in [0.2, 0.25) is 0 Å². The molecule has 0 atom stereocenters. The lowest BCUT2D eigenvalue weighted by atomic mass is 9.85. The Bertz CT molecular complexity index is 259. The largest absolute Gasteiger partial charge is 0.340 e. The molecular weight excluding hydrogens is 200 g/mol. The number of rotatable bonds is 3. The number of hydrogen-bond acceptors (Lipinski definition) is 2. The van der Waals surface area contributed by atoms with Crippen LogP contribution in [-0.4, -0.2) is 36.0 Å². The molecule has 16 heavy (non-hydrogen) atoms. The van der Waals surface area contributed by atoms with Crippen LogP contribution in [0.4, 0.5) is 0 Å². The molecule has 94 valence electrons. The van der Waals surface area contributed by atoms with Crippen molar-refractivity contribution >= 4 is 5.91 Å². The maximum Gasteiger partial charge on any atom is 0.223 e. The quantitative estimate of drug-likeness (QED) is 0.798. The van der Waals surface area contributed by atoms with E-state index in [0.29, 0.717) is 12.3 Å². The predicted octanol–water partition coefficient (Wildman–Crippen LogP) is 2.02. The first-order valence-corrected chi connectivity index (χ1v) is 6.29. The van der Waals surface area contributed by atoms with Crippen molar-refractivity contribution < 1.29 is 4.79 Å². The summed E-state index contributed by atoms with van der Waals surface area (Å²) in [5.74, 6) is 0.307. The van der Waals surface area contributed by atoms with Gasteiger partial charge < -0.3 is 10.2 Å². The minimum absolute atomic E-state index is 0.0598. The van der Waals surface area contributed by atoms with Gasteiger partial charge in [0.1, 0.15) is 0 Å². The van der Waals surface area contributed by atoms with Crippen molar-refractivity contribution in [3.05, 3.63) is 0 Å². The van der Waals surface area contributed by atoms with Gasteiger partial charge in [0.25, 0.3) is 0 Å². The second-order valence-corrected chi connectivity index (χ2v) is 6.32. The summed E-state index contributed by atoms with van der Waals surface area (Å²) in [6.07, 6.45) is 1.72. The number of piperazine rings is 1. The Hall–Kier alpha value is -0.570. The molecule has 0 bridgehead atoms. The lowest BCUT2D eigenvalue weighted by Crippen LogP contribution is -2.58. The number of hydrogen-bond donors (Lipinski definition) is 1. The predicted molar refractivity (Wildman–Crippen MR) is 67.4 cm³/mol. The molecular formula is C13H26N2O. The fraction of sp³-hybridized carbons (Fsp3) is 0.923. The average molecular weight is 226 g/mol. The van der Waals surface area contributed by atoms with Crippen molar-refractivity contribution in [2.75, 3.05) is 19.6 Å². The second kappa shape index (κ2) is 4.74. The highest BCUT2D eigenvalue weighted by Gasteiger charge is 2.30. The number of amides is 1. The molecule has 0 aromatic rings. The maximum atomic E-state index is 12.2. The van der Waals surface area contributed by atoms with E-state index in [1.54, 1.807) is 0 Å². The van der Waals surface area contributed by atoms with Crippen molar-refractivity contribution in [3.63, 3.8) is 0 Å². The SMILES string of the molecule is CCC(C)(C)CC(=O)N1CCNC(C)(C)C1. The number of nitrogens with one attached hydrogen (secondary N) is 1. The summed E-state index contributed by atoms with van der Waals surface area (Å²) in [6.45, 7) is 13.4. The van der Waals surface area contributed by atoms with E-state index < -0.39 is 0 Å². The highest BCUT2D eigenvalue weighted by molar-refractivity contribution is 5.77. The van der Waals surface area contributed by atoms with Crippen molar-refractivity contribution in [1.29, 1.82) is 0 Å². The van der Waals surface area contributed by atoms with E-state index in [2.05, 4.69) is 39.9 Å². The molecule has 1 amide bonds. The molecule has 0 spiro atoms. The Morgan fingerprint density at radius 2 is 2.06 bits per heavy atom. The molecule has 0 saturated carbocycles. The smallest absolute Gasteiger partial charge is 0.223 e. The molecule has 1 N–H and O–H groups in total. The van der Waals surface area contributed by atoms with E-state index >= 15 is 0 Å². The van der Waals surface area contributed by atoms with Gasteiger partial charge in [0.2, 0.25) is 5.91 Å². The third kappa shape index (κ3) is 3.78. The topological polar surface area (TPSA) is 32.3 Å². The minimum Gasteiger partial charge on any atom is -0.340 e. The van der Waals surface area contributed by atoms with Gasteiger partial charge in [-0.15, -0.1) is 0 Å².